The minimum atomic E-state index is -2.96. The molecule has 3 unspecified atom stereocenters. The molecule has 0 aromatic heterocycles. The lowest BCUT2D eigenvalue weighted by atomic mass is 9.97. The summed E-state index contributed by atoms with van der Waals surface area (Å²) in [5.41, 5.74) is -2.96. The van der Waals surface area contributed by atoms with Gasteiger partial charge in [-0.3, -0.25) is 0 Å². The van der Waals surface area contributed by atoms with Crippen molar-refractivity contribution in [3.05, 3.63) is 0 Å². The summed E-state index contributed by atoms with van der Waals surface area (Å²) in [7, 11) is 0. The van der Waals surface area contributed by atoms with Crippen LogP contribution in [-0.4, -0.2) is 50.9 Å². The topological polar surface area (TPSA) is 98.0 Å². The van der Waals surface area contributed by atoms with E-state index in [0.717, 1.165) is 0 Å². The van der Waals surface area contributed by atoms with Gasteiger partial charge >= 0.3 is 5.97 Å². The summed E-state index contributed by atoms with van der Waals surface area (Å²) in [5, 5.41) is 34.1. The van der Waals surface area contributed by atoms with Gasteiger partial charge in [0.25, 0.3) is 0 Å². The molecule has 0 bridgehead atoms. The van der Waals surface area contributed by atoms with E-state index < -0.39 is 30.5 Å². The first-order valence-electron chi connectivity index (χ1n) is 3.23. The van der Waals surface area contributed by atoms with E-state index >= 15 is 0 Å². The lowest BCUT2D eigenvalue weighted by Gasteiger charge is -2.24. The number of alkyl halides is 1. The predicted octanol–water partition coefficient (Wildman–Crippen LogP) is -1.49. The number of halogens is 1. The molecule has 0 saturated heterocycles. The number of carbonyl (C=O) groups is 1. The van der Waals surface area contributed by atoms with E-state index in [-0.39, 0.29) is 0 Å². The van der Waals surface area contributed by atoms with Gasteiger partial charge in [0.05, 0.1) is 6.61 Å². The van der Waals surface area contributed by atoms with Gasteiger partial charge in [-0.05, 0) is 6.92 Å². The molecular weight excluding hydrogens is 171 g/mol. The Morgan fingerprint density at radius 3 is 2.25 bits per heavy atom. The van der Waals surface area contributed by atoms with Crippen molar-refractivity contribution in [3.63, 3.8) is 0 Å². The Bertz CT molecular complexity index is 169. The molecule has 3 atom stereocenters. The molecule has 0 amide bonds. The van der Waals surface area contributed by atoms with Crippen molar-refractivity contribution in [1.29, 1.82) is 0 Å². The highest BCUT2D eigenvalue weighted by molar-refractivity contribution is 5.77. The van der Waals surface area contributed by atoms with Gasteiger partial charge in [-0.1, -0.05) is 0 Å². The van der Waals surface area contributed by atoms with Gasteiger partial charge in [-0.2, -0.15) is 0 Å². The standard InChI is InChI=1S/C6H11FO5/c1-6(7,5(11)12)4(10)3(9)2-8/h3-4,8-10H,2H2,1H3,(H,11,12). The lowest BCUT2D eigenvalue weighted by Crippen LogP contribution is -2.50. The lowest BCUT2D eigenvalue weighted by molar-refractivity contribution is -0.165. The molecule has 0 heterocycles. The first kappa shape index (κ1) is 11.3. The fourth-order valence-electron chi connectivity index (χ4n) is 0.588. The van der Waals surface area contributed by atoms with E-state index in [1.807, 2.05) is 0 Å². The summed E-state index contributed by atoms with van der Waals surface area (Å²) in [4.78, 5) is 10.2. The van der Waals surface area contributed by atoms with Gasteiger partial charge in [0.15, 0.2) is 0 Å². The monoisotopic (exact) mass is 182 g/mol. The molecule has 0 aliphatic heterocycles. The third-order valence-corrected chi connectivity index (χ3v) is 1.53. The highest BCUT2D eigenvalue weighted by Crippen LogP contribution is 2.18. The molecule has 0 aromatic carbocycles. The smallest absolute Gasteiger partial charge is 0.344 e. The number of rotatable bonds is 4. The Morgan fingerprint density at radius 2 is 2.00 bits per heavy atom. The number of aliphatic hydroxyl groups is 3. The molecule has 0 spiro atoms. The Balaban J connectivity index is 4.44. The summed E-state index contributed by atoms with van der Waals surface area (Å²) < 4.78 is 12.9. The SMILES string of the molecule is CC(F)(C(=O)O)C(O)C(O)CO. The van der Waals surface area contributed by atoms with Gasteiger partial charge in [0, 0.05) is 0 Å². The highest BCUT2D eigenvalue weighted by atomic mass is 19.1. The maximum Gasteiger partial charge on any atom is 0.344 e. The molecule has 72 valence electrons. The number of carboxylic acids is 1. The molecule has 0 aromatic rings. The van der Waals surface area contributed by atoms with E-state index in [4.69, 9.17) is 20.4 Å². The van der Waals surface area contributed by atoms with Crippen LogP contribution < -0.4 is 0 Å². The zero-order valence-electron chi connectivity index (χ0n) is 6.44. The van der Waals surface area contributed by atoms with Gasteiger partial charge in [-0.15, -0.1) is 0 Å². The minimum absolute atomic E-state index is 0.610. The second kappa shape index (κ2) is 3.79. The maximum atomic E-state index is 12.9. The molecule has 0 saturated carbocycles. The molecule has 5 nitrogen and oxygen atoms in total. The van der Waals surface area contributed by atoms with Gasteiger partial charge < -0.3 is 20.4 Å². The molecule has 12 heavy (non-hydrogen) atoms. The van der Waals surface area contributed by atoms with Crippen molar-refractivity contribution in [2.45, 2.75) is 24.8 Å². The first-order chi connectivity index (χ1) is 5.34. The molecule has 0 radical (unpaired) electrons. The van der Waals surface area contributed by atoms with E-state index in [2.05, 4.69) is 0 Å². The van der Waals surface area contributed by atoms with E-state index in [1.54, 1.807) is 0 Å². The van der Waals surface area contributed by atoms with Crippen molar-refractivity contribution in [1.82, 2.24) is 0 Å². The summed E-state index contributed by atoms with van der Waals surface area (Å²) in [5.74, 6) is -1.89. The number of aliphatic hydroxyl groups excluding tert-OH is 3. The van der Waals surface area contributed by atoms with Crippen molar-refractivity contribution in [2.24, 2.45) is 0 Å². The van der Waals surface area contributed by atoms with Crippen LogP contribution in [-0.2, 0) is 4.79 Å². The molecule has 0 aliphatic carbocycles. The van der Waals surface area contributed by atoms with E-state index in [1.165, 1.54) is 0 Å². The highest BCUT2D eigenvalue weighted by Gasteiger charge is 2.44. The van der Waals surface area contributed by atoms with Crippen LogP contribution >= 0.6 is 0 Å². The number of carboxylic acid groups (broad SMARTS) is 1. The van der Waals surface area contributed by atoms with Gasteiger partial charge in [0.2, 0.25) is 5.67 Å². The van der Waals surface area contributed by atoms with Crippen LogP contribution in [0.3, 0.4) is 0 Å². The minimum Gasteiger partial charge on any atom is -0.479 e. The number of aliphatic carboxylic acids is 1. The van der Waals surface area contributed by atoms with Crippen molar-refractivity contribution in [2.75, 3.05) is 6.61 Å². The Kier molecular flexibility index (Phi) is 3.56. The normalized spacial score (nSPS) is 21.1. The molecular formula is C6H11FO5. The molecule has 4 N–H and O–H groups in total. The van der Waals surface area contributed by atoms with Crippen molar-refractivity contribution < 1.29 is 29.6 Å². The second-order valence-corrected chi connectivity index (χ2v) is 2.58. The maximum absolute atomic E-state index is 12.9. The quantitative estimate of drug-likeness (QED) is 0.424. The zero-order chi connectivity index (χ0) is 9.94. The predicted molar refractivity (Wildman–Crippen MR) is 36.2 cm³/mol. The summed E-state index contributed by atoms with van der Waals surface area (Å²) >= 11 is 0. The van der Waals surface area contributed by atoms with Crippen LogP contribution in [0.15, 0.2) is 0 Å². The number of hydrogen-bond acceptors (Lipinski definition) is 4. The van der Waals surface area contributed by atoms with Crippen LogP contribution in [0.1, 0.15) is 6.92 Å². The van der Waals surface area contributed by atoms with Crippen LogP contribution in [0, 0.1) is 0 Å². The Morgan fingerprint density at radius 1 is 1.58 bits per heavy atom. The third-order valence-electron chi connectivity index (χ3n) is 1.53. The number of hydrogen-bond donors (Lipinski definition) is 4. The van der Waals surface area contributed by atoms with Gasteiger partial charge in [-0.25, -0.2) is 9.18 Å². The summed E-state index contributed by atoms with van der Waals surface area (Å²) in [6.45, 7) is -0.285. The second-order valence-electron chi connectivity index (χ2n) is 2.58. The van der Waals surface area contributed by atoms with Crippen LogP contribution in [0.4, 0.5) is 4.39 Å². The zero-order valence-corrected chi connectivity index (χ0v) is 6.44. The average Bonchev–Trinajstić information content (AvgIpc) is 2.01. The fourth-order valence-corrected chi connectivity index (χ4v) is 0.588. The van der Waals surface area contributed by atoms with E-state index in [9.17, 15) is 9.18 Å². The van der Waals surface area contributed by atoms with Crippen LogP contribution in [0.5, 0.6) is 0 Å². The third kappa shape index (κ3) is 2.13. The fraction of sp³-hybridized carbons (Fsp3) is 0.833. The van der Waals surface area contributed by atoms with Crippen LogP contribution in [0.2, 0.25) is 0 Å². The largest absolute Gasteiger partial charge is 0.479 e. The van der Waals surface area contributed by atoms with Crippen LogP contribution in [0.25, 0.3) is 0 Å². The Hall–Kier alpha value is -0.720. The molecule has 0 fully saturated rings. The van der Waals surface area contributed by atoms with E-state index in [0.29, 0.717) is 6.92 Å². The summed E-state index contributed by atoms with van der Waals surface area (Å²) in [6, 6.07) is 0. The average molecular weight is 182 g/mol. The Labute approximate surface area is 68.1 Å². The molecule has 0 aliphatic rings. The molecule has 6 heteroatoms. The van der Waals surface area contributed by atoms with Crippen molar-refractivity contribution in [3.8, 4) is 0 Å². The molecule has 0 rings (SSSR count). The summed E-state index contributed by atoms with van der Waals surface area (Å²) in [6.07, 6.45) is -3.93. The van der Waals surface area contributed by atoms with Crippen molar-refractivity contribution >= 4 is 5.97 Å². The van der Waals surface area contributed by atoms with Gasteiger partial charge in [0.1, 0.15) is 12.2 Å². The first-order valence-corrected chi connectivity index (χ1v) is 3.23.